The monoisotopic (exact) mass is 407 g/mol. The van der Waals surface area contributed by atoms with Crippen LogP contribution in [0.1, 0.15) is 19.4 Å². The highest BCUT2D eigenvalue weighted by Gasteiger charge is 2.28. The quantitative estimate of drug-likeness (QED) is 0.624. The lowest BCUT2D eigenvalue weighted by atomic mass is 10.1. The molecule has 0 fully saturated rings. The Bertz CT molecular complexity index is 1100. The number of thiophene rings is 1. The summed E-state index contributed by atoms with van der Waals surface area (Å²) in [6, 6.07) is 9.73. The smallest absolute Gasteiger partial charge is 0.322 e. The van der Waals surface area contributed by atoms with Gasteiger partial charge in [-0.2, -0.15) is 4.72 Å². The summed E-state index contributed by atoms with van der Waals surface area (Å²) in [5.74, 6) is -1.56. The third-order valence-electron chi connectivity index (χ3n) is 4.35. The highest BCUT2D eigenvalue weighted by molar-refractivity contribution is 7.89. The maximum atomic E-state index is 12.7. The zero-order chi connectivity index (χ0) is 19.8. The van der Waals surface area contributed by atoms with Crippen LogP contribution in [0.4, 0.5) is 0 Å². The van der Waals surface area contributed by atoms with Crippen molar-refractivity contribution >= 4 is 47.5 Å². The lowest BCUT2D eigenvalue weighted by Crippen LogP contribution is -2.44. The Morgan fingerprint density at radius 2 is 1.78 bits per heavy atom. The van der Waals surface area contributed by atoms with Gasteiger partial charge in [0, 0.05) is 27.3 Å². The molecular formula is C19H21NO5S2. The Morgan fingerprint density at radius 1 is 1.15 bits per heavy atom. The first-order valence-electron chi connectivity index (χ1n) is 8.42. The molecule has 0 unspecified atom stereocenters. The number of sulfonamides is 1. The van der Waals surface area contributed by atoms with Crippen molar-refractivity contribution in [1.82, 2.24) is 4.72 Å². The van der Waals surface area contributed by atoms with Gasteiger partial charge in [0.2, 0.25) is 10.0 Å². The molecule has 1 aromatic heterocycles. The second kappa shape index (κ2) is 7.55. The SMILES string of the molecule is COCc1ccc2c(c1)sc1cc(S(=O)(=O)N[C@H](C(=O)O)C(C)C)ccc12. The molecule has 2 aromatic carbocycles. The van der Waals surface area contributed by atoms with E-state index in [4.69, 9.17) is 4.74 Å². The summed E-state index contributed by atoms with van der Waals surface area (Å²) in [6.45, 7) is 3.84. The third kappa shape index (κ3) is 3.98. The van der Waals surface area contributed by atoms with Crippen molar-refractivity contribution in [2.24, 2.45) is 5.92 Å². The van der Waals surface area contributed by atoms with E-state index in [1.165, 1.54) is 17.4 Å². The molecule has 0 spiro atoms. The summed E-state index contributed by atoms with van der Waals surface area (Å²) in [6.07, 6.45) is 0. The molecule has 0 saturated heterocycles. The summed E-state index contributed by atoms with van der Waals surface area (Å²) in [4.78, 5) is 11.4. The van der Waals surface area contributed by atoms with Crippen LogP contribution in [-0.4, -0.2) is 32.6 Å². The molecule has 3 rings (SSSR count). The predicted molar refractivity (Wildman–Crippen MR) is 107 cm³/mol. The normalized spacial score (nSPS) is 13.5. The molecule has 144 valence electrons. The van der Waals surface area contributed by atoms with Gasteiger partial charge in [-0.05, 0) is 29.7 Å². The first-order chi connectivity index (χ1) is 12.7. The van der Waals surface area contributed by atoms with E-state index >= 15 is 0 Å². The standard InChI is InChI=1S/C19H21NO5S2/c1-11(2)18(19(21)22)20-27(23,24)13-5-7-15-14-6-4-12(10-25-3)8-16(14)26-17(15)9-13/h4-9,11,18,20H,10H2,1-3H3,(H,21,22)/t18-/m0/s1. The minimum Gasteiger partial charge on any atom is -0.480 e. The summed E-state index contributed by atoms with van der Waals surface area (Å²) < 4.78 is 34.7. The maximum Gasteiger partial charge on any atom is 0.322 e. The molecular weight excluding hydrogens is 386 g/mol. The number of nitrogens with one attached hydrogen (secondary N) is 1. The van der Waals surface area contributed by atoms with Gasteiger partial charge < -0.3 is 9.84 Å². The topological polar surface area (TPSA) is 92.7 Å². The van der Waals surface area contributed by atoms with Crippen LogP contribution in [-0.2, 0) is 26.2 Å². The van der Waals surface area contributed by atoms with E-state index in [0.717, 1.165) is 25.7 Å². The second-order valence-electron chi connectivity index (χ2n) is 6.70. The zero-order valence-electron chi connectivity index (χ0n) is 15.2. The number of carbonyl (C=O) groups is 1. The van der Waals surface area contributed by atoms with E-state index in [9.17, 15) is 18.3 Å². The van der Waals surface area contributed by atoms with Gasteiger partial charge in [-0.15, -0.1) is 11.3 Å². The first kappa shape index (κ1) is 19.8. The van der Waals surface area contributed by atoms with Crippen molar-refractivity contribution in [3.05, 3.63) is 42.0 Å². The average Bonchev–Trinajstić information content (AvgIpc) is 2.96. The summed E-state index contributed by atoms with van der Waals surface area (Å²) in [7, 11) is -2.30. The number of carboxylic acid groups (broad SMARTS) is 1. The van der Waals surface area contributed by atoms with Crippen molar-refractivity contribution in [2.45, 2.75) is 31.4 Å². The van der Waals surface area contributed by atoms with E-state index in [-0.39, 0.29) is 10.8 Å². The molecule has 0 bridgehead atoms. The van der Waals surface area contributed by atoms with Crippen LogP contribution in [0.3, 0.4) is 0 Å². The molecule has 0 aliphatic heterocycles. The van der Waals surface area contributed by atoms with Crippen molar-refractivity contribution < 1.29 is 23.1 Å². The van der Waals surface area contributed by atoms with Crippen LogP contribution >= 0.6 is 11.3 Å². The minimum absolute atomic E-state index is 0.0607. The lowest BCUT2D eigenvalue weighted by Gasteiger charge is -2.18. The second-order valence-corrected chi connectivity index (χ2v) is 9.50. The van der Waals surface area contributed by atoms with Gasteiger partial charge in [-0.25, -0.2) is 8.42 Å². The Balaban J connectivity index is 2.02. The van der Waals surface area contributed by atoms with E-state index in [1.807, 2.05) is 18.2 Å². The van der Waals surface area contributed by atoms with Gasteiger partial charge in [-0.1, -0.05) is 32.0 Å². The molecule has 2 N–H and O–H groups in total. The summed E-state index contributed by atoms with van der Waals surface area (Å²) in [5.41, 5.74) is 1.05. The molecule has 0 saturated carbocycles. The fourth-order valence-corrected chi connectivity index (χ4v) is 5.58. The van der Waals surface area contributed by atoms with Crippen molar-refractivity contribution in [2.75, 3.05) is 7.11 Å². The number of rotatable bonds is 7. The van der Waals surface area contributed by atoms with Crippen LogP contribution in [0, 0.1) is 5.92 Å². The number of carboxylic acids is 1. The minimum atomic E-state index is -3.94. The van der Waals surface area contributed by atoms with Crippen LogP contribution in [0.15, 0.2) is 41.3 Å². The molecule has 6 nitrogen and oxygen atoms in total. The van der Waals surface area contributed by atoms with Crippen LogP contribution in [0.2, 0.25) is 0 Å². The molecule has 0 aliphatic carbocycles. The fourth-order valence-electron chi connectivity index (χ4n) is 2.93. The Labute approximate surface area is 161 Å². The van der Waals surface area contributed by atoms with Gasteiger partial charge in [0.25, 0.3) is 0 Å². The van der Waals surface area contributed by atoms with Gasteiger partial charge in [0.1, 0.15) is 6.04 Å². The molecule has 1 atom stereocenters. The highest BCUT2D eigenvalue weighted by Crippen LogP contribution is 2.35. The largest absolute Gasteiger partial charge is 0.480 e. The lowest BCUT2D eigenvalue weighted by molar-refractivity contribution is -0.140. The van der Waals surface area contributed by atoms with E-state index in [1.54, 1.807) is 33.1 Å². The molecule has 3 aromatic rings. The number of hydrogen-bond donors (Lipinski definition) is 2. The zero-order valence-corrected chi connectivity index (χ0v) is 16.9. The van der Waals surface area contributed by atoms with Gasteiger partial charge in [0.05, 0.1) is 11.5 Å². The molecule has 8 heteroatoms. The highest BCUT2D eigenvalue weighted by atomic mass is 32.2. The predicted octanol–water partition coefficient (Wildman–Crippen LogP) is 3.59. The molecule has 0 aliphatic rings. The first-order valence-corrected chi connectivity index (χ1v) is 10.7. The number of methoxy groups -OCH3 is 1. The van der Waals surface area contributed by atoms with E-state index < -0.39 is 22.0 Å². The Morgan fingerprint density at radius 3 is 2.37 bits per heavy atom. The van der Waals surface area contributed by atoms with Crippen molar-refractivity contribution in [1.29, 1.82) is 0 Å². The number of aliphatic carboxylic acids is 1. The van der Waals surface area contributed by atoms with Crippen LogP contribution in [0.25, 0.3) is 20.2 Å². The third-order valence-corrected chi connectivity index (χ3v) is 6.90. The number of fused-ring (bicyclic) bond motifs is 3. The maximum absolute atomic E-state index is 12.7. The Kier molecular flexibility index (Phi) is 5.53. The van der Waals surface area contributed by atoms with Gasteiger partial charge >= 0.3 is 5.97 Å². The number of ether oxygens (including phenoxy) is 1. The molecule has 27 heavy (non-hydrogen) atoms. The number of hydrogen-bond acceptors (Lipinski definition) is 5. The van der Waals surface area contributed by atoms with E-state index in [2.05, 4.69) is 4.72 Å². The van der Waals surface area contributed by atoms with Crippen LogP contribution in [0.5, 0.6) is 0 Å². The van der Waals surface area contributed by atoms with Crippen molar-refractivity contribution in [3.63, 3.8) is 0 Å². The average molecular weight is 408 g/mol. The van der Waals surface area contributed by atoms with Gasteiger partial charge in [0.15, 0.2) is 0 Å². The molecule has 1 heterocycles. The fraction of sp³-hybridized carbons (Fsp3) is 0.316. The molecule has 0 amide bonds. The number of benzene rings is 2. The molecule has 0 radical (unpaired) electrons. The Hall–Kier alpha value is -2.00. The van der Waals surface area contributed by atoms with Crippen LogP contribution < -0.4 is 4.72 Å². The van der Waals surface area contributed by atoms with Crippen molar-refractivity contribution in [3.8, 4) is 0 Å². The summed E-state index contributed by atoms with van der Waals surface area (Å²) >= 11 is 1.50. The van der Waals surface area contributed by atoms with Gasteiger partial charge in [-0.3, -0.25) is 4.79 Å². The summed E-state index contributed by atoms with van der Waals surface area (Å²) in [5, 5.41) is 11.3. The van der Waals surface area contributed by atoms with E-state index in [0.29, 0.717) is 6.61 Å².